The summed E-state index contributed by atoms with van der Waals surface area (Å²) >= 11 is 0. The number of carboxylic acids is 1. The number of aryl methyl sites for hydroxylation is 2. The van der Waals surface area contributed by atoms with Gasteiger partial charge in [-0.05, 0) is 66.7 Å². The van der Waals surface area contributed by atoms with Crippen LogP contribution in [0.15, 0.2) is 89.5 Å². The van der Waals surface area contributed by atoms with Crippen LogP contribution >= 0.6 is 0 Å². The van der Waals surface area contributed by atoms with Crippen LogP contribution in [0.3, 0.4) is 0 Å². The van der Waals surface area contributed by atoms with Gasteiger partial charge < -0.3 is 15.7 Å². The molecule has 1 aliphatic rings. The highest BCUT2D eigenvalue weighted by Crippen LogP contribution is 2.37. The molecule has 0 unspecified atom stereocenters. The van der Waals surface area contributed by atoms with Crippen molar-refractivity contribution >= 4 is 17.4 Å². The first-order chi connectivity index (χ1) is 17.2. The lowest BCUT2D eigenvalue weighted by Crippen LogP contribution is -2.19. The van der Waals surface area contributed by atoms with Crippen molar-refractivity contribution in [2.24, 2.45) is 10.8 Å². The lowest BCUT2D eigenvalue weighted by atomic mass is 9.89. The average Bonchev–Trinajstić information content (AvgIpc) is 2.87. The number of allylic oxidation sites excluding steroid dienone is 3. The third-order valence-electron chi connectivity index (χ3n) is 5.85. The highest BCUT2D eigenvalue weighted by Gasteiger charge is 2.20. The second kappa shape index (κ2) is 13.1. The van der Waals surface area contributed by atoms with Gasteiger partial charge in [0.05, 0.1) is 6.54 Å². The van der Waals surface area contributed by atoms with E-state index in [9.17, 15) is 4.79 Å². The molecule has 0 aromatic heterocycles. The average molecular weight is 486 g/mol. The Kier molecular flexibility index (Phi) is 10.2. The minimum atomic E-state index is -0.968. The first-order valence-electron chi connectivity index (χ1n) is 11.8. The van der Waals surface area contributed by atoms with Crippen LogP contribution in [-0.2, 0) is 4.79 Å². The summed E-state index contributed by atoms with van der Waals surface area (Å²) in [4.78, 5) is 11.3. The number of carboxylic acid groups (broad SMARTS) is 1. The van der Waals surface area contributed by atoms with E-state index in [1.54, 1.807) is 0 Å². The predicted octanol–water partition coefficient (Wildman–Crippen LogP) is 6.81. The SMILES string of the molecule is C=C1C=C(C(=N)N=N)C=CN1/C(CC)=C(\CC)c1ccccc1-c1ccc(C)cc1C.NCC(=O)O. The molecule has 2 aromatic carbocycles. The predicted molar refractivity (Wildman–Crippen MR) is 147 cm³/mol. The highest BCUT2D eigenvalue weighted by atomic mass is 16.4. The molecule has 1 heterocycles. The quantitative estimate of drug-likeness (QED) is 0.195. The number of aliphatic carboxylic acids is 1. The molecule has 0 radical (unpaired) electrons. The molecule has 0 bridgehead atoms. The molecule has 36 heavy (non-hydrogen) atoms. The van der Waals surface area contributed by atoms with Crippen molar-refractivity contribution in [3.8, 4) is 11.1 Å². The molecule has 0 atom stereocenters. The Morgan fingerprint density at radius 3 is 2.31 bits per heavy atom. The van der Waals surface area contributed by atoms with E-state index in [0.29, 0.717) is 5.57 Å². The number of nitrogens with one attached hydrogen (secondary N) is 2. The maximum atomic E-state index is 9.24. The van der Waals surface area contributed by atoms with Crippen molar-refractivity contribution < 1.29 is 9.90 Å². The Labute approximate surface area is 213 Å². The Bertz CT molecular complexity index is 1250. The lowest BCUT2D eigenvalue weighted by molar-refractivity contribution is -0.135. The Hall–Kier alpha value is -4.10. The van der Waals surface area contributed by atoms with E-state index in [4.69, 9.17) is 16.0 Å². The fraction of sp³-hybridized carbons (Fsp3) is 0.241. The summed E-state index contributed by atoms with van der Waals surface area (Å²) in [5.74, 6) is -1.03. The maximum Gasteiger partial charge on any atom is 0.317 e. The van der Waals surface area contributed by atoms with Crippen molar-refractivity contribution in [3.63, 3.8) is 0 Å². The largest absolute Gasteiger partial charge is 0.480 e. The summed E-state index contributed by atoms with van der Waals surface area (Å²) in [6.07, 6.45) is 7.31. The topological polar surface area (TPSA) is 127 Å². The van der Waals surface area contributed by atoms with E-state index in [1.807, 2.05) is 18.4 Å². The fourth-order valence-corrected chi connectivity index (χ4v) is 4.20. The van der Waals surface area contributed by atoms with Crippen LogP contribution < -0.4 is 5.73 Å². The molecule has 7 heteroatoms. The van der Waals surface area contributed by atoms with Crippen LogP contribution in [0.25, 0.3) is 16.7 Å². The van der Waals surface area contributed by atoms with Crippen LogP contribution in [0.2, 0.25) is 0 Å². The van der Waals surface area contributed by atoms with E-state index >= 15 is 0 Å². The number of benzene rings is 2. The summed E-state index contributed by atoms with van der Waals surface area (Å²) in [5, 5.41) is 18.6. The molecule has 1 aliphatic heterocycles. The molecule has 0 saturated heterocycles. The second-order valence-corrected chi connectivity index (χ2v) is 8.33. The van der Waals surface area contributed by atoms with E-state index in [0.717, 1.165) is 18.5 Å². The molecule has 5 N–H and O–H groups in total. The zero-order valence-electron chi connectivity index (χ0n) is 21.4. The molecule has 2 aromatic rings. The third kappa shape index (κ3) is 6.73. The molecular formula is C29H35N5O2. The van der Waals surface area contributed by atoms with Gasteiger partial charge in [-0.3, -0.25) is 10.2 Å². The normalized spacial score (nSPS) is 13.3. The van der Waals surface area contributed by atoms with Gasteiger partial charge in [0, 0.05) is 23.2 Å². The maximum absolute atomic E-state index is 9.24. The zero-order chi connectivity index (χ0) is 26.8. The number of rotatable bonds is 7. The first kappa shape index (κ1) is 28.1. The van der Waals surface area contributed by atoms with E-state index in [1.165, 1.54) is 39.1 Å². The Morgan fingerprint density at radius 2 is 1.78 bits per heavy atom. The fourth-order valence-electron chi connectivity index (χ4n) is 4.20. The van der Waals surface area contributed by atoms with Crippen LogP contribution in [0.1, 0.15) is 43.4 Å². The smallest absolute Gasteiger partial charge is 0.317 e. The van der Waals surface area contributed by atoms with Crippen molar-refractivity contribution in [1.82, 2.24) is 4.90 Å². The number of nitrogens with two attached hydrogens (primary N) is 1. The molecular weight excluding hydrogens is 450 g/mol. The highest BCUT2D eigenvalue weighted by molar-refractivity contribution is 5.99. The standard InChI is InChI=1S/C27H30N4.C2H5NO2/c1-6-22(26(7-2)31-15-14-21(17-20(31)5)27(28)30-29)24-10-8-9-11-25(24)23-13-12-18(3)16-19(23)4;3-1-2(4)5/h8-17,28-29H,5-7H2,1-4H3;1,3H2,(H,4,5)/b26-22+,28-27?,30-29?;. The van der Waals surface area contributed by atoms with Gasteiger partial charge >= 0.3 is 5.97 Å². The van der Waals surface area contributed by atoms with Gasteiger partial charge in [-0.1, -0.05) is 68.5 Å². The van der Waals surface area contributed by atoms with Gasteiger partial charge in [0.1, 0.15) is 0 Å². The van der Waals surface area contributed by atoms with Crippen LogP contribution in [-0.4, -0.2) is 28.4 Å². The summed E-state index contributed by atoms with van der Waals surface area (Å²) in [7, 11) is 0. The molecule has 0 saturated carbocycles. The van der Waals surface area contributed by atoms with Crippen molar-refractivity contribution in [3.05, 3.63) is 101 Å². The van der Waals surface area contributed by atoms with Gasteiger partial charge in [0.25, 0.3) is 0 Å². The molecule has 0 aliphatic carbocycles. The van der Waals surface area contributed by atoms with E-state index in [2.05, 4.69) is 92.5 Å². The molecule has 0 amide bonds. The number of hydrogen-bond donors (Lipinski definition) is 4. The minimum Gasteiger partial charge on any atom is -0.480 e. The van der Waals surface area contributed by atoms with Crippen molar-refractivity contribution in [2.75, 3.05) is 6.54 Å². The van der Waals surface area contributed by atoms with Crippen LogP contribution in [0.5, 0.6) is 0 Å². The summed E-state index contributed by atoms with van der Waals surface area (Å²) in [6, 6.07) is 15.2. The molecule has 0 spiro atoms. The van der Waals surface area contributed by atoms with Crippen molar-refractivity contribution in [1.29, 1.82) is 10.9 Å². The minimum absolute atomic E-state index is 0.0602. The van der Waals surface area contributed by atoms with Gasteiger partial charge in [0.15, 0.2) is 5.84 Å². The van der Waals surface area contributed by atoms with Crippen LogP contribution in [0, 0.1) is 24.8 Å². The van der Waals surface area contributed by atoms with Gasteiger partial charge in [-0.15, -0.1) is 5.11 Å². The number of hydrogen-bond acceptors (Lipinski definition) is 5. The third-order valence-corrected chi connectivity index (χ3v) is 5.85. The Balaban J connectivity index is 0.000000830. The van der Waals surface area contributed by atoms with E-state index < -0.39 is 5.97 Å². The number of nitrogens with zero attached hydrogens (tertiary/aromatic N) is 2. The molecule has 7 nitrogen and oxygen atoms in total. The monoisotopic (exact) mass is 485 g/mol. The summed E-state index contributed by atoms with van der Waals surface area (Å²) in [6.45, 7) is 12.6. The lowest BCUT2D eigenvalue weighted by Gasteiger charge is -2.30. The molecule has 188 valence electrons. The zero-order valence-corrected chi connectivity index (χ0v) is 21.4. The summed E-state index contributed by atoms with van der Waals surface area (Å²) < 4.78 is 0. The van der Waals surface area contributed by atoms with Crippen molar-refractivity contribution in [2.45, 2.75) is 40.5 Å². The second-order valence-electron chi connectivity index (χ2n) is 8.33. The van der Waals surface area contributed by atoms with Gasteiger partial charge in [0.2, 0.25) is 0 Å². The van der Waals surface area contributed by atoms with Crippen LogP contribution in [0.4, 0.5) is 0 Å². The number of amidine groups is 1. The van der Waals surface area contributed by atoms with Gasteiger partial charge in [-0.2, -0.15) is 0 Å². The first-order valence-corrected chi connectivity index (χ1v) is 11.8. The van der Waals surface area contributed by atoms with Gasteiger partial charge in [-0.25, -0.2) is 5.53 Å². The molecule has 0 fully saturated rings. The summed E-state index contributed by atoms with van der Waals surface area (Å²) in [5.41, 5.74) is 21.8. The number of carbonyl (C=O) groups is 1. The van der Waals surface area contributed by atoms with E-state index in [-0.39, 0.29) is 12.4 Å². The Morgan fingerprint density at radius 1 is 1.11 bits per heavy atom. The molecule has 3 rings (SSSR count).